The first-order valence-electron chi connectivity index (χ1n) is 4.65. The van der Waals surface area contributed by atoms with Crippen LogP contribution in [0.25, 0.3) is 0 Å². The smallest absolute Gasteiger partial charge is 0.0731 e. The molecule has 0 unspecified atom stereocenters. The van der Waals surface area contributed by atoms with Gasteiger partial charge in [-0.3, -0.25) is 0 Å². The van der Waals surface area contributed by atoms with Gasteiger partial charge in [0.05, 0.1) is 17.5 Å². The van der Waals surface area contributed by atoms with Crippen molar-refractivity contribution in [3.8, 4) is 0 Å². The Balaban J connectivity index is 2.24. The van der Waals surface area contributed by atoms with Crippen LogP contribution < -0.4 is 10.6 Å². The number of hydrogen-bond acceptors (Lipinski definition) is 3. The van der Waals surface area contributed by atoms with Crippen LogP contribution in [0.2, 0.25) is 5.02 Å². The normalized spacial score (nSPS) is 21.6. The third-order valence-corrected chi connectivity index (χ3v) is 2.73. The Morgan fingerprint density at radius 2 is 2.29 bits per heavy atom. The van der Waals surface area contributed by atoms with Gasteiger partial charge in [0.15, 0.2) is 0 Å². The molecule has 0 bridgehead atoms. The van der Waals surface area contributed by atoms with Gasteiger partial charge in [-0.1, -0.05) is 11.6 Å². The van der Waals surface area contributed by atoms with Gasteiger partial charge in [0.2, 0.25) is 0 Å². The van der Waals surface area contributed by atoms with Gasteiger partial charge >= 0.3 is 0 Å². The van der Waals surface area contributed by atoms with E-state index in [1.165, 1.54) is 0 Å². The van der Waals surface area contributed by atoms with Gasteiger partial charge in [-0.15, -0.1) is 0 Å². The molecule has 0 aromatic heterocycles. The van der Waals surface area contributed by atoms with Crippen molar-refractivity contribution < 1.29 is 5.11 Å². The predicted octanol–water partition coefficient (Wildman–Crippen LogP) is 1.49. The van der Waals surface area contributed by atoms with Crippen LogP contribution in [0.4, 0.5) is 11.4 Å². The number of benzene rings is 1. The molecule has 0 spiro atoms. The molecule has 1 saturated heterocycles. The highest BCUT2D eigenvalue weighted by Crippen LogP contribution is 2.28. The monoisotopic (exact) mass is 212 g/mol. The Labute approximate surface area is 88.1 Å². The van der Waals surface area contributed by atoms with Gasteiger partial charge in [-0.05, 0) is 24.6 Å². The molecule has 14 heavy (non-hydrogen) atoms. The molecule has 76 valence electrons. The number of β-amino-alcohol motifs (C(OH)–C–C–N with tert-alkyl or cyclic N) is 1. The summed E-state index contributed by atoms with van der Waals surface area (Å²) in [6, 6.07) is 5.45. The van der Waals surface area contributed by atoms with E-state index >= 15 is 0 Å². The zero-order valence-corrected chi connectivity index (χ0v) is 8.54. The van der Waals surface area contributed by atoms with E-state index in [1.54, 1.807) is 6.07 Å². The summed E-state index contributed by atoms with van der Waals surface area (Å²) in [5.41, 5.74) is 7.48. The van der Waals surface area contributed by atoms with Crippen LogP contribution in [0.5, 0.6) is 0 Å². The molecular weight excluding hydrogens is 200 g/mol. The number of nitrogen functional groups attached to an aromatic ring is 1. The SMILES string of the molecule is Nc1cc(Cl)ccc1N1CC[C@@H](O)C1. The average Bonchev–Trinajstić information content (AvgIpc) is 2.51. The number of hydrogen-bond donors (Lipinski definition) is 2. The number of nitrogens with zero attached hydrogens (tertiary/aromatic N) is 1. The Morgan fingerprint density at radius 3 is 2.86 bits per heavy atom. The van der Waals surface area contributed by atoms with E-state index in [0.717, 1.165) is 18.7 Å². The van der Waals surface area contributed by atoms with Gasteiger partial charge in [0.25, 0.3) is 0 Å². The Hall–Kier alpha value is -0.930. The molecule has 1 aromatic rings. The minimum absolute atomic E-state index is 0.231. The molecule has 1 aliphatic heterocycles. The minimum atomic E-state index is -0.231. The minimum Gasteiger partial charge on any atom is -0.397 e. The number of rotatable bonds is 1. The summed E-state index contributed by atoms with van der Waals surface area (Å²) in [5.74, 6) is 0. The van der Waals surface area contributed by atoms with Crippen molar-refractivity contribution >= 4 is 23.0 Å². The summed E-state index contributed by atoms with van der Waals surface area (Å²) in [6.45, 7) is 1.51. The standard InChI is InChI=1S/C10H13ClN2O/c11-7-1-2-10(9(12)5-7)13-4-3-8(14)6-13/h1-2,5,8,14H,3-4,6,12H2/t8-/m1/s1. The number of aliphatic hydroxyl groups is 1. The van der Waals surface area contributed by atoms with Crippen LogP contribution >= 0.6 is 11.6 Å². The fourth-order valence-electron chi connectivity index (χ4n) is 1.77. The molecule has 1 atom stereocenters. The van der Waals surface area contributed by atoms with E-state index in [-0.39, 0.29) is 6.10 Å². The molecule has 0 aliphatic carbocycles. The molecule has 0 saturated carbocycles. The van der Waals surface area contributed by atoms with Gasteiger partial charge < -0.3 is 15.7 Å². The van der Waals surface area contributed by atoms with Crippen molar-refractivity contribution in [2.24, 2.45) is 0 Å². The molecule has 0 radical (unpaired) electrons. The van der Waals surface area contributed by atoms with Gasteiger partial charge in [-0.25, -0.2) is 0 Å². The molecule has 3 N–H and O–H groups in total. The summed E-state index contributed by atoms with van der Waals surface area (Å²) < 4.78 is 0. The fraction of sp³-hybridized carbons (Fsp3) is 0.400. The number of anilines is 2. The maximum absolute atomic E-state index is 9.40. The van der Waals surface area contributed by atoms with Crippen LogP contribution in [0, 0.1) is 0 Å². The first-order chi connectivity index (χ1) is 6.66. The van der Waals surface area contributed by atoms with E-state index in [1.807, 2.05) is 12.1 Å². The fourth-order valence-corrected chi connectivity index (χ4v) is 1.95. The summed E-state index contributed by atoms with van der Waals surface area (Å²) in [7, 11) is 0. The summed E-state index contributed by atoms with van der Waals surface area (Å²) in [5, 5.41) is 10.0. The lowest BCUT2D eigenvalue weighted by atomic mass is 10.2. The van der Waals surface area contributed by atoms with E-state index in [2.05, 4.69) is 4.90 Å². The van der Waals surface area contributed by atoms with Gasteiger partial charge in [-0.2, -0.15) is 0 Å². The Morgan fingerprint density at radius 1 is 1.50 bits per heavy atom. The quantitative estimate of drug-likeness (QED) is 0.694. The largest absolute Gasteiger partial charge is 0.397 e. The zero-order chi connectivity index (χ0) is 10.1. The van der Waals surface area contributed by atoms with Crippen molar-refractivity contribution in [1.82, 2.24) is 0 Å². The maximum atomic E-state index is 9.40. The molecule has 1 aliphatic rings. The Kier molecular flexibility index (Phi) is 2.52. The van der Waals surface area contributed by atoms with Crippen molar-refractivity contribution in [3.05, 3.63) is 23.2 Å². The average molecular weight is 213 g/mol. The first kappa shape index (κ1) is 9.62. The van der Waals surface area contributed by atoms with Crippen molar-refractivity contribution in [3.63, 3.8) is 0 Å². The second kappa shape index (κ2) is 3.67. The highest BCUT2D eigenvalue weighted by molar-refractivity contribution is 6.31. The molecule has 0 amide bonds. The summed E-state index contributed by atoms with van der Waals surface area (Å²) in [6.07, 6.45) is 0.576. The molecule has 2 rings (SSSR count). The molecule has 1 aromatic carbocycles. The highest BCUT2D eigenvalue weighted by atomic mass is 35.5. The second-order valence-corrected chi connectivity index (χ2v) is 4.03. The number of aliphatic hydroxyl groups excluding tert-OH is 1. The predicted molar refractivity (Wildman–Crippen MR) is 58.7 cm³/mol. The number of nitrogens with two attached hydrogens (primary N) is 1. The van der Waals surface area contributed by atoms with Crippen LogP contribution in [-0.2, 0) is 0 Å². The molecule has 1 heterocycles. The van der Waals surface area contributed by atoms with E-state index in [4.69, 9.17) is 17.3 Å². The lowest BCUT2D eigenvalue weighted by Gasteiger charge is -2.19. The summed E-state index contributed by atoms with van der Waals surface area (Å²) in [4.78, 5) is 2.08. The molecule has 3 nitrogen and oxygen atoms in total. The highest BCUT2D eigenvalue weighted by Gasteiger charge is 2.21. The second-order valence-electron chi connectivity index (χ2n) is 3.59. The zero-order valence-electron chi connectivity index (χ0n) is 7.78. The van der Waals surface area contributed by atoms with Crippen LogP contribution in [0.15, 0.2) is 18.2 Å². The number of halogens is 1. The van der Waals surface area contributed by atoms with Crippen LogP contribution in [-0.4, -0.2) is 24.3 Å². The molecular formula is C10H13ClN2O. The molecule has 4 heteroatoms. The van der Waals surface area contributed by atoms with Crippen molar-refractivity contribution in [2.45, 2.75) is 12.5 Å². The molecule has 1 fully saturated rings. The lowest BCUT2D eigenvalue weighted by molar-refractivity contribution is 0.198. The van der Waals surface area contributed by atoms with Crippen molar-refractivity contribution in [1.29, 1.82) is 0 Å². The van der Waals surface area contributed by atoms with E-state index in [0.29, 0.717) is 17.3 Å². The third kappa shape index (κ3) is 1.79. The summed E-state index contributed by atoms with van der Waals surface area (Å²) >= 11 is 5.80. The van der Waals surface area contributed by atoms with E-state index < -0.39 is 0 Å². The van der Waals surface area contributed by atoms with Crippen LogP contribution in [0.3, 0.4) is 0 Å². The third-order valence-electron chi connectivity index (χ3n) is 2.49. The van der Waals surface area contributed by atoms with Crippen molar-refractivity contribution in [2.75, 3.05) is 23.7 Å². The Bertz CT molecular complexity index is 343. The van der Waals surface area contributed by atoms with Gasteiger partial charge in [0.1, 0.15) is 0 Å². The van der Waals surface area contributed by atoms with E-state index in [9.17, 15) is 5.11 Å². The lowest BCUT2D eigenvalue weighted by Crippen LogP contribution is -2.22. The maximum Gasteiger partial charge on any atom is 0.0731 e. The van der Waals surface area contributed by atoms with Crippen LogP contribution in [0.1, 0.15) is 6.42 Å². The topological polar surface area (TPSA) is 49.5 Å². The first-order valence-corrected chi connectivity index (χ1v) is 5.02. The van der Waals surface area contributed by atoms with Gasteiger partial charge in [0, 0.05) is 18.1 Å².